The predicted octanol–water partition coefficient (Wildman–Crippen LogP) is 2.51. The Hall–Kier alpha value is -0.0100. The third-order valence-corrected chi connectivity index (χ3v) is 2.08. The van der Waals surface area contributed by atoms with Crippen LogP contribution in [0, 0.1) is 0 Å². The van der Waals surface area contributed by atoms with E-state index in [0.717, 1.165) is 6.04 Å². The molecule has 0 aromatic rings. The lowest BCUT2D eigenvalue weighted by molar-refractivity contribution is 0.374. The van der Waals surface area contributed by atoms with E-state index >= 15 is 0 Å². The minimum Gasteiger partial charge on any atom is -0.308 e. The SMILES string of the molecule is CC=CC1CCCC(C)N1.Cl. The van der Waals surface area contributed by atoms with Crippen molar-refractivity contribution >= 4 is 12.4 Å². The lowest BCUT2D eigenvalue weighted by atomic mass is 9.99. The van der Waals surface area contributed by atoms with Gasteiger partial charge in [0.2, 0.25) is 0 Å². The summed E-state index contributed by atoms with van der Waals surface area (Å²) < 4.78 is 0. The van der Waals surface area contributed by atoms with Crippen molar-refractivity contribution in [3.63, 3.8) is 0 Å². The lowest BCUT2D eigenvalue weighted by Crippen LogP contribution is -2.39. The van der Waals surface area contributed by atoms with Crippen LogP contribution < -0.4 is 5.32 Å². The molecule has 1 fully saturated rings. The molecule has 66 valence electrons. The summed E-state index contributed by atoms with van der Waals surface area (Å²) in [4.78, 5) is 0. The summed E-state index contributed by atoms with van der Waals surface area (Å²) in [5.74, 6) is 0. The molecule has 11 heavy (non-hydrogen) atoms. The fourth-order valence-corrected chi connectivity index (χ4v) is 1.56. The van der Waals surface area contributed by atoms with Crippen LogP contribution in [-0.4, -0.2) is 12.1 Å². The number of rotatable bonds is 1. The Morgan fingerprint density at radius 3 is 2.64 bits per heavy atom. The molecule has 1 aliphatic rings. The summed E-state index contributed by atoms with van der Waals surface area (Å²) in [5.41, 5.74) is 0. The molecule has 1 nitrogen and oxygen atoms in total. The van der Waals surface area contributed by atoms with Crippen LogP contribution >= 0.6 is 12.4 Å². The first-order chi connectivity index (χ1) is 4.83. The van der Waals surface area contributed by atoms with Crippen LogP contribution in [-0.2, 0) is 0 Å². The molecule has 0 aromatic carbocycles. The van der Waals surface area contributed by atoms with Crippen molar-refractivity contribution < 1.29 is 0 Å². The maximum atomic E-state index is 3.53. The van der Waals surface area contributed by atoms with E-state index in [1.54, 1.807) is 0 Å². The van der Waals surface area contributed by atoms with E-state index in [4.69, 9.17) is 0 Å². The average Bonchev–Trinajstić information content (AvgIpc) is 1.88. The number of nitrogens with one attached hydrogen (secondary N) is 1. The molecule has 0 spiro atoms. The van der Waals surface area contributed by atoms with Gasteiger partial charge < -0.3 is 5.32 Å². The largest absolute Gasteiger partial charge is 0.308 e. The summed E-state index contributed by atoms with van der Waals surface area (Å²) in [6, 6.07) is 1.36. The number of halogens is 1. The van der Waals surface area contributed by atoms with Crippen LogP contribution in [0.1, 0.15) is 33.1 Å². The highest BCUT2D eigenvalue weighted by Crippen LogP contribution is 2.12. The zero-order chi connectivity index (χ0) is 7.40. The van der Waals surface area contributed by atoms with Crippen LogP contribution in [0.25, 0.3) is 0 Å². The molecule has 2 unspecified atom stereocenters. The smallest absolute Gasteiger partial charge is 0.0252 e. The van der Waals surface area contributed by atoms with Crippen molar-refractivity contribution in [2.45, 2.75) is 45.2 Å². The molecule has 1 saturated heterocycles. The Morgan fingerprint density at radius 1 is 1.36 bits per heavy atom. The summed E-state index contributed by atoms with van der Waals surface area (Å²) in [6.07, 6.45) is 8.43. The van der Waals surface area contributed by atoms with Gasteiger partial charge in [0.25, 0.3) is 0 Å². The van der Waals surface area contributed by atoms with Gasteiger partial charge in [-0.1, -0.05) is 18.6 Å². The topological polar surface area (TPSA) is 12.0 Å². The van der Waals surface area contributed by atoms with E-state index in [0.29, 0.717) is 6.04 Å². The zero-order valence-electron chi connectivity index (χ0n) is 7.34. The van der Waals surface area contributed by atoms with Gasteiger partial charge in [-0.3, -0.25) is 0 Å². The Labute approximate surface area is 75.7 Å². The quantitative estimate of drug-likeness (QED) is 0.604. The van der Waals surface area contributed by atoms with E-state index in [2.05, 4.69) is 31.3 Å². The van der Waals surface area contributed by atoms with E-state index in [-0.39, 0.29) is 12.4 Å². The van der Waals surface area contributed by atoms with Gasteiger partial charge in [-0.05, 0) is 26.7 Å². The molecule has 1 aliphatic heterocycles. The van der Waals surface area contributed by atoms with Crippen molar-refractivity contribution in [2.75, 3.05) is 0 Å². The summed E-state index contributed by atoms with van der Waals surface area (Å²) in [5, 5.41) is 3.53. The van der Waals surface area contributed by atoms with Gasteiger partial charge >= 0.3 is 0 Å². The summed E-state index contributed by atoms with van der Waals surface area (Å²) in [6.45, 7) is 4.34. The number of allylic oxidation sites excluding steroid dienone is 1. The molecule has 0 radical (unpaired) electrons. The third kappa shape index (κ3) is 3.78. The molecule has 2 atom stereocenters. The van der Waals surface area contributed by atoms with Crippen LogP contribution in [0.3, 0.4) is 0 Å². The predicted molar refractivity (Wildman–Crippen MR) is 52.3 cm³/mol. The maximum Gasteiger partial charge on any atom is 0.0252 e. The second-order valence-corrected chi connectivity index (χ2v) is 3.13. The Balaban J connectivity index is 0.000001000. The molecule has 1 rings (SSSR count). The van der Waals surface area contributed by atoms with Crippen molar-refractivity contribution in [3.8, 4) is 0 Å². The van der Waals surface area contributed by atoms with Crippen LogP contribution in [0.4, 0.5) is 0 Å². The molecular weight excluding hydrogens is 158 g/mol. The van der Waals surface area contributed by atoms with Crippen LogP contribution in [0.5, 0.6) is 0 Å². The van der Waals surface area contributed by atoms with Gasteiger partial charge in [0, 0.05) is 12.1 Å². The monoisotopic (exact) mass is 175 g/mol. The van der Waals surface area contributed by atoms with E-state index in [1.807, 2.05) is 0 Å². The molecule has 1 N–H and O–H groups in total. The van der Waals surface area contributed by atoms with Crippen molar-refractivity contribution in [1.29, 1.82) is 0 Å². The molecule has 1 heterocycles. The normalized spacial score (nSPS) is 31.8. The standard InChI is InChI=1S/C9H17N.ClH/c1-3-5-9-7-4-6-8(2)10-9;/h3,5,8-10H,4,6-7H2,1-2H3;1H. The zero-order valence-corrected chi connectivity index (χ0v) is 8.16. The minimum atomic E-state index is 0. The van der Waals surface area contributed by atoms with Gasteiger partial charge in [-0.15, -0.1) is 12.4 Å². The van der Waals surface area contributed by atoms with Gasteiger partial charge in [-0.2, -0.15) is 0 Å². The highest BCUT2D eigenvalue weighted by Gasteiger charge is 2.13. The van der Waals surface area contributed by atoms with Gasteiger partial charge in [-0.25, -0.2) is 0 Å². The molecular formula is C9H18ClN. The van der Waals surface area contributed by atoms with Crippen molar-refractivity contribution in [2.24, 2.45) is 0 Å². The van der Waals surface area contributed by atoms with Gasteiger partial charge in [0.05, 0.1) is 0 Å². The number of hydrogen-bond acceptors (Lipinski definition) is 1. The molecule has 0 aliphatic carbocycles. The number of piperidine rings is 1. The van der Waals surface area contributed by atoms with E-state index in [9.17, 15) is 0 Å². The second kappa shape index (κ2) is 5.62. The first kappa shape index (κ1) is 11.0. The van der Waals surface area contributed by atoms with Gasteiger partial charge in [0.1, 0.15) is 0 Å². The lowest BCUT2D eigenvalue weighted by Gasteiger charge is -2.26. The van der Waals surface area contributed by atoms with Crippen LogP contribution in [0.2, 0.25) is 0 Å². The fraction of sp³-hybridized carbons (Fsp3) is 0.778. The molecule has 0 saturated carbocycles. The first-order valence-electron chi connectivity index (χ1n) is 4.22. The third-order valence-electron chi connectivity index (χ3n) is 2.08. The molecule has 0 aromatic heterocycles. The Bertz CT molecular complexity index is 123. The first-order valence-corrected chi connectivity index (χ1v) is 4.22. The number of hydrogen-bond donors (Lipinski definition) is 1. The Kier molecular flexibility index (Phi) is 5.61. The van der Waals surface area contributed by atoms with Crippen molar-refractivity contribution in [3.05, 3.63) is 12.2 Å². The highest BCUT2D eigenvalue weighted by atomic mass is 35.5. The van der Waals surface area contributed by atoms with E-state index in [1.165, 1.54) is 19.3 Å². The molecule has 0 amide bonds. The van der Waals surface area contributed by atoms with Gasteiger partial charge in [0.15, 0.2) is 0 Å². The Morgan fingerprint density at radius 2 is 2.09 bits per heavy atom. The average molecular weight is 176 g/mol. The minimum absolute atomic E-state index is 0. The second-order valence-electron chi connectivity index (χ2n) is 3.13. The fourth-order valence-electron chi connectivity index (χ4n) is 1.56. The van der Waals surface area contributed by atoms with E-state index < -0.39 is 0 Å². The maximum absolute atomic E-state index is 3.53. The van der Waals surface area contributed by atoms with Crippen molar-refractivity contribution in [1.82, 2.24) is 5.32 Å². The highest BCUT2D eigenvalue weighted by molar-refractivity contribution is 5.85. The molecule has 0 bridgehead atoms. The molecule has 2 heteroatoms. The summed E-state index contributed by atoms with van der Waals surface area (Å²) >= 11 is 0. The van der Waals surface area contributed by atoms with Crippen LogP contribution in [0.15, 0.2) is 12.2 Å². The summed E-state index contributed by atoms with van der Waals surface area (Å²) in [7, 11) is 0.